The molecule has 0 fully saturated rings. The second-order valence-corrected chi connectivity index (χ2v) is 5.08. The molecule has 1 amide bonds. The van der Waals surface area contributed by atoms with Crippen molar-refractivity contribution in [2.75, 3.05) is 5.32 Å². The number of rotatable bonds is 2. The van der Waals surface area contributed by atoms with Crippen LogP contribution < -0.4 is 5.32 Å². The van der Waals surface area contributed by atoms with Gasteiger partial charge in [0.1, 0.15) is 5.51 Å². The molecule has 4 nitrogen and oxygen atoms in total. The molecular formula is C10H5BrF3N3OS. The minimum Gasteiger partial charge on any atom is -0.296 e. The molecular weight excluding hydrogens is 347 g/mol. The van der Waals surface area contributed by atoms with Gasteiger partial charge in [-0.25, -0.2) is 0 Å². The summed E-state index contributed by atoms with van der Waals surface area (Å²) in [4.78, 5) is 11.7. The summed E-state index contributed by atoms with van der Waals surface area (Å²) in [6.45, 7) is 0. The SMILES string of the molecule is O=C(Nc1nncs1)c1ccc(Br)c(C(F)(F)F)c1. The monoisotopic (exact) mass is 351 g/mol. The number of aromatic nitrogens is 2. The summed E-state index contributed by atoms with van der Waals surface area (Å²) in [6, 6.07) is 3.24. The first kappa shape index (κ1) is 13.9. The van der Waals surface area contributed by atoms with Crippen LogP contribution >= 0.6 is 27.3 Å². The third-order valence-corrected chi connectivity index (χ3v) is 3.41. The maximum absolute atomic E-state index is 12.7. The standard InChI is InChI=1S/C10H5BrF3N3OS/c11-7-2-1-5(3-6(7)10(12,13)14)8(18)16-9-17-15-4-19-9/h1-4H,(H,16,17,18). The zero-order valence-electron chi connectivity index (χ0n) is 9.03. The molecule has 0 bridgehead atoms. The Morgan fingerprint density at radius 2 is 2.11 bits per heavy atom. The fourth-order valence-electron chi connectivity index (χ4n) is 1.28. The Balaban J connectivity index is 2.28. The van der Waals surface area contributed by atoms with Gasteiger partial charge in [-0.15, -0.1) is 10.2 Å². The summed E-state index contributed by atoms with van der Waals surface area (Å²) < 4.78 is 37.9. The summed E-state index contributed by atoms with van der Waals surface area (Å²) in [7, 11) is 0. The van der Waals surface area contributed by atoms with Crippen molar-refractivity contribution in [2.45, 2.75) is 6.18 Å². The van der Waals surface area contributed by atoms with E-state index in [1.807, 2.05) is 0 Å². The third kappa shape index (κ3) is 3.29. The molecule has 0 spiro atoms. The number of hydrogen-bond donors (Lipinski definition) is 1. The predicted octanol–water partition coefficient (Wildman–Crippen LogP) is 3.57. The minimum atomic E-state index is -4.53. The van der Waals surface area contributed by atoms with E-state index in [-0.39, 0.29) is 15.2 Å². The van der Waals surface area contributed by atoms with Gasteiger partial charge in [0.2, 0.25) is 5.13 Å². The molecule has 19 heavy (non-hydrogen) atoms. The van der Waals surface area contributed by atoms with Crippen molar-refractivity contribution in [3.8, 4) is 0 Å². The van der Waals surface area contributed by atoms with Crippen molar-refractivity contribution >= 4 is 38.3 Å². The van der Waals surface area contributed by atoms with Gasteiger partial charge in [0.15, 0.2) is 0 Å². The quantitative estimate of drug-likeness (QED) is 0.899. The number of halogens is 4. The van der Waals surface area contributed by atoms with Crippen molar-refractivity contribution in [1.29, 1.82) is 0 Å². The molecule has 2 aromatic rings. The molecule has 1 heterocycles. The summed E-state index contributed by atoms with van der Waals surface area (Å²) in [5, 5.41) is 9.66. The molecule has 0 aliphatic rings. The number of carbonyl (C=O) groups is 1. The summed E-state index contributed by atoms with van der Waals surface area (Å²) >= 11 is 3.88. The van der Waals surface area contributed by atoms with Crippen LogP contribution in [0.3, 0.4) is 0 Å². The number of anilines is 1. The largest absolute Gasteiger partial charge is 0.417 e. The number of carbonyl (C=O) groups excluding carboxylic acids is 1. The van der Waals surface area contributed by atoms with Crippen LogP contribution in [-0.4, -0.2) is 16.1 Å². The molecule has 9 heteroatoms. The smallest absolute Gasteiger partial charge is 0.296 e. The Kier molecular flexibility index (Phi) is 3.85. The average Bonchev–Trinajstić information content (AvgIpc) is 2.80. The first-order chi connectivity index (χ1) is 8.88. The van der Waals surface area contributed by atoms with Crippen LogP contribution in [0.5, 0.6) is 0 Å². The molecule has 0 aliphatic heterocycles. The second-order valence-electron chi connectivity index (χ2n) is 3.39. The molecule has 0 saturated carbocycles. The first-order valence-corrected chi connectivity index (χ1v) is 6.49. The molecule has 1 aromatic heterocycles. The molecule has 1 N–H and O–H groups in total. The van der Waals surface area contributed by atoms with Gasteiger partial charge in [0, 0.05) is 10.0 Å². The second kappa shape index (κ2) is 5.25. The van der Waals surface area contributed by atoms with Gasteiger partial charge in [0.25, 0.3) is 5.91 Å². The van der Waals surface area contributed by atoms with Gasteiger partial charge in [0.05, 0.1) is 5.56 Å². The lowest BCUT2D eigenvalue weighted by Gasteiger charge is -2.10. The topological polar surface area (TPSA) is 54.9 Å². The van der Waals surface area contributed by atoms with E-state index in [4.69, 9.17) is 0 Å². The Morgan fingerprint density at radius 1 is 1.37 bits per heavy atom. The Hall–Kier alpha value is -1.48. The summed E-state index contributed by atoms with van der Waals surface area (Å²) in [5.74, 6) is -0.672. The van der Waals surface area contributed by atoms with Gasteiger partial charge in [-0.2, -0.15) is 13.2 Å². The third-order valence-electron chi connectivity index (χ3n) is 2.11. The highest BCUT2D eigenvalue weighted by molar-refractivity contribution is 9.10. The molecule has 100 valence electrons. The fraction of sp³-hybridized carbons (Fsp3) is 0.100. The normalized spacial score (nSPS) is 11.4. The fourth-order valence-corrected chi connectivity index (χ4v) is 2.19. The van der Waals surface area contributed by atoms with Gasteiger partial charge in [-0.1, -0.05) is 27.3 Å². The van der Waals surface area contributed by atoms with E-state index in [0.29, 0.717) is 0 Å². The van der Waals surface area contributed by atoms with E-state index in [9.17, 15) is 18.0 Å². The van der Waals surface area contributed by atoms with Crippen LogP contribution in [0.1, 0.15) is 15.9 Å². The number of alkyl halides is 3. The van der Waals surface area contributed by atoms with E-state index in [1.54, 1.807) is 0 Å². The van der Waals surface area contributed by atoms with Gasteiger partial charge < -0.3 is 0 Å². The lowest BCUT2D eigenvalue weighted by molar-refractivity contribution is -0.138. The Bertz CT molecular complexity index is 601. The van der Waals surface area contributed by atoms with Crippen LogP contribution in [0, 0.1) is 0 Å². The molecule has 0 atom stereocenters. The minimum absolute atomic E-state index is 0.106. The van der Waals surface area contributed by atoms with Crippen molar-refractivity contribution < 1.29 is 18.0 Å². The molecule has 0 unspecified atom stereocenters. The predicted molar refractivity (Wildman–Crippen MR) is 67.0 cm³/mol. The highest BCUT2D eigenvalue weighted by Crippen LogP contribution is 2.35. The lowest BCUT2D eigenvalue weighted by Crippen LogP contribution is -2.14. The van der Waals surface area contributed by atoms with Crippen LogP contribution in [0.4, 0.5) is 18.3 Å². The van der Waals surface area contributed by atoms with E-state index in [0.717, 1.165) is 17.4 Å². The van der Waals surface area contributed by atoms with E-state index in [1.165, 1.54) is 17.6 Å². The van der Waals surface area contributed by atoms with E-state index >= 15 is 0 Å². The van der Waals surface area contributed by atoms with Crippen molar-refractivity contribution in [2.24, 2.45) is 0 Å². The Labute approximate surface area is 117 Å². The van der Waals surface area contributed by atoms with Crippen LogP contribution in [0.15, 0.2) is 28.2 Å². The zero-order valence-corrected chi connectivity index (χ0v) is 11.4. The number of hydrogen-bond acceptors (Lipinski definition) is 4. The van der Waals surface area contributed by atoms with Crippen molar-refractivity contribution in [3.05, 3.63) is 39.3 Å². The van der Waals surface area contributed by atoms with Crippen LogP contribution in [-0.2, 0) is 6.18 Å². The maximum atomic E-state index is 12.7. The number of nitrogens with one attached hydrogen (secondary N) is 1. The Morgan fingerprint density at radius 3 is 2.68 bits per heavy atom. The van der Waals surface area contributed by atoms with Crippen LogP contribution in [0.2, 0.25) is 0 Å². The maximum Gasteiger partial charge on any atom is 0.417 e. The summed E-state index contributed by atoms with van der Waals surface area (Å²) in [5.41, 5.74) is 0.390. The van der Waals surface area contributed by atoms with Gasteiger partial charge in [-0.05, 0) is 18.2 Å². The highest BCUT2D eigenvalue weighted by Gasteiger charge is 2.33. The molecule has 2 rings (SSSR count). The van der Waals surface area contributed by atoms with Gasteiger partial charge >= 0.3 is 6.18 Å². The number of nitrogens with zero attached hydrogens (tertiary/aromatic N) is 2. The molecule has 0 saturated heterocycles. The molecule has 1 aromatic carbocycles. The molecule has 0 radical (unpaired) electrons. The van der Waals surface area contributed by atoms with E-state index < -0.39 is 17.6 Å². The first-order valence-electron chi connectivity index (χ1n) is 4.82. The van der Waals surface area contributed by atoms with Crippen LogP contribution in [0.25, 0.3) is 0 Å². The number of amides is 1. The van der Waals surface area contributed by atoms with Crippen molar-refractivity contribution in [3.63, 3.8) is 0 Å². The number of benzene rings is 1. The van der Waals surface area contributed by atoms with Crippen molar-refractivity contribution in [1.82, 2.24) is 10.2 Å². The summed E-state index contributed by atoms with van der Waals surface area (Å²) in [6.07, 6.45) is -4.53. The lowest BCUT2D eigenvalue weighted by atomic mass is 10.1. The average molecular weight is 352 g/mol. The molecule has 0 aliphatic carbocycles. The highest BCUT2D eigenvalue weighted by atomic mass is 79.9. The zero-order chi connectivity index (χ0) is 14.0. The van der Waals surface area contributed by atoms with E-state index in [2.05, 4.69) is 31.4 Å². The van der Waals surface area contributed by atoms with Gasteiger partial charge in [-0.3, -0.25) is 10.1 Å².